The number of benzene rings is 4. The van der Waals surface area contributed by atoms with Gasteiger partial charge in [-0.15, -0.1) is 0 Å². The van der Waals surface area contributed by atoms with Gasteiger partial charge in [-0.1, -0.05) is 84.4 Å². The second-order valence-electron chi connectivity index (χ2n) is 8.28. The topological polar surface area (TPSA) is 16.4 Å². The number of furan rings is 1. The first kappa shape index (κ1) is 19.9. The fraction of sp³-hybridized carbons (Fsp3) is 0.0667. The molecule has 33 heavy (non-hydrogen) atoms. The molecule has 2 nitrogen and oxygen atoms in total. The Morgan fingerprint density at radius 1 is 0.697 bits per heavy atom. The van der Waals surface area contributed by atoms with Crippen molar-refractivity contribution >= 4 is 50.5 Å². The number of allylic oxidation sites excluding steroid dienone is 4. The molecule has 0 N–H and O–H groups in total. The first-order valence-electron chi connectivity index (χ1n) is 11.2. The van der Waals surface area contributed by atoms with Gasteiger partial charge in [0.2, 0.25) is 0 Å². The van der Waals surface area contributed by atoms with E-state index in [9.17, 15) is 0 Å². The Labute approximate surface area is 198 Å². The van der Waals surface area contributed by atoms with E-state index in [1.54, 1.807) is 0 Å². The molecule has 0 saturated carbocycles. The Morgan fingerprint density at radius 2 is 1.42 bits per heavy atom. The summed E-state index contributed by atoms with van der Waals surface area (Å²) in [6, 6.07) is 33.2. The SMILES string of the molecule is Clc1cc(N(C2=CC=C(c3ccccc3)CC2)c2ccccc2)c2c(c1)oc1ccccc12. The van der Waals surface area contributed by atoms with E-state index >= 15 is 0 Å². The molecule has 1 heterocycles. The van der Waals surface area contributed by atoms with Crippen molar-refractivity contribution < 1.29 is 4.42 Å². The monoisotopic (exact) mass is 447 g/mol. The molecule has 1 aliphatic carbocycles. The minimum atomic E-state index is 0.661. The van der Waals surface area contributed by atoms with Crippen molar-refractivity contribution in [3.8, 4) is 0 Å². The predicted octanol–water partition coefficient (Wildman–Crippen LogP) is 9.14. The normalized spacial score (nSPS) is 13.7. The van der Waals surface area contributed by atoms with Crippen LogP contribution in [0.4, 0.5) is 11.4 Å². The highest BCUT2D eigenvalue weighted by Crippen LogP contribution is 2.44. The van der Waals surface area contributed by atoms with Gasteiger partial charge in [0.15, 0.2) is 0 Å². The van der Waals surface area contributed by atoms with Gasteiger partial charge in [-0.05, 0) is 54.3 Å². The molecular formula is C30H22ClNO. The van der Waals surface area contributed by atoms with Crippen LogP contribution in [0.3, 0.4) is 0 Å². The Balaban J connectivity index is 1.56. The van der Waals surface area contributed by atoms with Crippen molar-refractivity contribution in [2.75, 3.05) is 4.90 Å². The number of nitrogens with zero attached hydrogens (tertiary/aromatic N) is 1. The molecule has 0 bridgehead atoms. The predicted molar refractivity (Wildman–Crippen MR) is 139 cm³/mol. The largest absolute Gasteiger partial charge is 0.456 e. The van der Waals surface area contributed by atoms with E-state index in [2.05, 4.69) is 89.8 Å². The van der Waals surface area contributed by atoms with Gasteiger partial charge in [-0.25, -0.2) is 0 Å². The minimum absolute atomic E-state index is 0.661. The van der Waals surface area contributed by atoms with Crippen LogP contribution < -0.4 is 4.90 Å². The summed E-state index contributed by atoms with van der Waals surface area (Å²) in [5.74, 6) is 0. The average molecular weight is 448 g/mol. The third-order valence-corrected chi connectivity index (χ3v) is 6.46. The highest BCUT2D eigenvalue weighted by Gasteiger charge is 2.22. The number of hydrogen-bond donors (Lipinski definition) is 0. The Morgan fingerprint density at radius 3 is 2.18 bits per heavy atom. The van der Waals surface area contributed by atoms with Crippen LogP contribution in [-0.2, 0) is 0 Å². The lowest BCUT2D eigenvalue weighted by Gasteiger charge is -2.30. The van der Waals surface area contributed by atoms with Crippen molar-refractivity contribution in [3.05, 3.63) is 125 Å². The third kappa shape index (κ3) is 3.63. The highest BCUT2D eigenvalue weighted by molar-refractivity contribution is 6.32. The van der Waals surface area contributed by atoms with Crippen LogP contribution in [0, 0.1) is 0 Å². The second kappa shape index (κ2) is 8.31. The van der Waals surface area contributed by atoms with Gasteiger partial charge in [0.25, 0.3) is 0 Å². The van der Waals surface area contributed by atoms with E-state index in [1.807, 2.05) is 24.3 Å². The van der Waals surface area contributed by atoms with Crippen LogP contribution in [-0.4, -0.2) is 0 Å². The van der Waals surface area contributed by atoms with Crippen molar-refractivity contribution in [2.24, 2.45) is 0 Å². The van der Waals surface area contributed by atoms with Crippen LogP contribution in [0.1, 0.15) is 18.4 Å². The van der Waals surface area contributed by atoms with E-state index < -0.39 is 0 Å². The summed E-state index contributed by atoms with van der Waals surface area (Å²) in [5, 5.41) is 2.84. The number of fused-ring (bicyclic) bond motifs is 3. The van der Waals surface area contributed by atoms with E-state index in [0.717, 1.165) is 46.2 Å². The van der Waals surface area contributed by atoms with Crippen LogP contribution in [0.25, 0.3) is 27.5 Å². The lowest BCUT2D eigenvalue weighted by atomic mass is 9.95. The fourth-order valence-electron chi connectivity index (χ4n) is 4.72. The Hall–Kier alpha value is -3.75. The number of rotatable bonds is 4. The molecule has 0 unspecified atom stereocenters. The number of anilines is 2. The molecule has 3 heteroatoms. The number of halogens is 1. The maximum atomic E-state index is 6.61. The molecule has 4 aromatic carbocycles. The van der Waals surface area contributed by atoms with Crippen molar-refractivity contribution in [2.45, 2.75) is 12.8 Å². The quantitative estimate of drug-likeness (QED) is 0.273. The molecule has 6 rings (SSSR count). The van der Waals surface area contributed by atoms with Gasteiger partial charge in [0, 0.05) is 27.9 Å². The van der Waals surface area contributed by atoms with Crippen LogP contribution >= 0.6 is 11.6 Å². The zero-order valence-corrected chi connectivity index (χ0v) is 18.8. The molecule has 1 aliphatic rings. The van der Waals surface area contributed by atoms with E-state index in [0.29, 0.717) is 5.02 Å². The minimum Gasteiger partial charge on any atom is -0.456 e. The summed E-state index contributed by atoms with van der Waals surface area (Å²) in [4.78, 5) is 2.33. The lowest BCUT2D eigenvalue weighted by molar-refractivity contribution is 0.669. The van der Waals surface area contributed by atoms with Gasteiger partial charge in [0.1, 0.15) is 11.2 Å². The zero-order valence-electron chi connectivity index (χ0n) is 18.0. The molecule has 0 atom stereocenters. The highest BCUT2D eigenvalue weighted by atomic mass is 35.5. The number of para-hydroxylation sites is 2. The molecule has 0 fully saturated rings. The molecule has 0 spiro atoms. The number of hydrogen-bond acceptors (Lipinski definition) is 2. The maximum Gasteiger partial charge on any atom is 0.139 e. The van der Waals surface area contributed by atoms with Crippen LogP contribution in [0.2, 0.25) is 5.02 Å². The van der Waals surface area contributed by atoms with Crippen molar-refractivity contribution in [3.63, 3.8) is 0 Å². The van der Waals surface area contributed by atoms with Gasteiger partial charge in [-0.2, -0.15) is 0 Å². The first-order valence-corrected chi connectivity index (χ1v) is 11.6. The molecule has 0 amide bonds. The summed E-state index contributed by atoms with van der Waals surface area (Å²) >= 11 is 6.61. The summed E-state index contributed by atoms with van der Waals surface area (Å²) in [6.45, 7) is 0. The fourth-order valence-corrected chi connectivity index (χ4v) is 4.92. The molecule has 160 valence electrons. The zero-order chi connectivity index (χ0) is 22.2. The molecule has 1 aromatic heterocycles. The molecule has 0 aliphatic heterocycles. The molecular weight excluding hydrogens is 426 g/mol. The molecule has 0 radical (unpaired) electrons. The third-order valence-electron chi connectivity index (χ3n) is 6.24. The Bertz CT molecular complexity index is 1510. The average Bonchev–Trinajstić information content (AvgIpc) is 3.24. The molecule has 5 aromatic rings. The standard InChI is InChI=1S/C30H22ClNO/c31-23-19-27(30-26-13-7-8-14-28(26)33-29(30)20-23)32(24-11-5-2-6-12-24)25-17-15-22(16-18-25)21-9-3-1-4-10-21/h1-15,17,19-20H,16,18H2. The maximum absolute atomic E-state index is 6.61. The van der Waals surface area contributed by atoms with E-state index in [-0.39, 0.29) is 0 Å². The smallest absolute Gasteiger partial charge is 0.139 e. The summed E-state index contributed by atoms with van der Waals surface area (Å²) in [6.07, 6.45) is 6.40. The van der Waals surface area contributed by atoms with Crippen LogP contribution in [0.15, 0.2) is 119 Å². The van der Waals surface area contributed by atoms with E-state index in [4.69, 9.17) is 16.0 Å². The lowest BCUT2D eigenvalue weighted by Crippen LogP contribution is -2.18. The summed E-state index contributed by atoms with van der Waals surface area (Å²) in [5.41, 5.74) is 7.69. The Kier molecular flexibility index (Phi) is 5.01. The second-order valence-corrected chi connectivity index (χ2v) is 8.72. The summed E-state index contributed by atoms with van der Waals surface area (Å²) < 4.78 is 6.18. The van der Waals surface area contributed by atoms with Gasteiger partial charge >= 0.3 is 0 Å². The van der Waals surface area contributed by atoms with Crippen molar-refractivity contribution in [1.29, 1.82) is 0 Å². The van der Waals surface area contributed by atoms with Gasteiger partial charge in [-0.3, -0.25) is 0 Å². The van der Waals surface area contributed by atoms with Gasteiger partial charge in [0.05, 0.1) is 11.1 Å². The molecule has 0 saturated heterocycles. The van der Waals surface area contributed by atoms with Gasteiger partial charge < -0.3 is 9.32 Å². The van der Waals surface area contributed by atoms with Crippen LogP contribution in [0.5, 0.6) is 0 Å². The summed E-state index contributed by atoms with van der Waals surface area (Å²) in [7, 11) is 0. The first-order chi connectivity index (χ1) is 16.3. The van der Waals surface area contributed by atoms with Crippen molar-refractivity contribution in [1.82, 2.24) is 0 Å². The van der Waals surface area contributed by atoms with E-state index in [1.165, 1.54) is 16.8 Å².